The molecule has 32 heavy (non-hydrogen) atoms. The van der Waals surface area contributed by atoms with Gasteiger partial charge >= 0.3 is 12.1 Å². The van der Waals surface area contributed by atoms with E-state index in [0.717, 1.165) is 18.7 Å². The van der Waals surface area contributed by atoms with Gasteiger partial charge < -0.3 is 10.2 Å². The van der Waals surface area contributed by atoms with Crippen LogP contribution in [-0.2, 0) is 4.79 Å². The highest BCUT2D eigenvalue weighted by atomic mass is 19.4. The molecule has 1 amide bonds. The van der Waals surface area contributed by atoms with E-state index >= 15 is 0 Å². The van der Waals surface area contributed by atoms with Gasteiger partial charge in [0, 0.05) is 24.9 Å². The molecule has 0 radical (unpaired) electrons. The van der Waals surface area contributed by atoms with Crippen molar-refractivity contribution in [1.29, 1.82) is 0 Å². The first kappa shape index (κ1) is 20.7. The second kappa shape index (κ2) is 7.72. The number of nitrogens with zero attached hydrogens (tertiary/aromatic N) is 5. The predicted molar refractivity (Wildman–Crippen MR) is 107 cm³/mol. The van der Waals surface area contributed by atoms with Crippen LogP contribution in [0.3, 0.4) is 0 Å². The Morgan fingerprint density at radius 2 is 1.78 bits per heavy atom. The largest absolute Gasteiger partial charge is 0.471 e. The zero-order valence-electron chi connectivity index (χ0n) is 16.9. The average molecular weight is 448 g/mol. The number of amides is 1. The van der Waals surface area contributed by atoms with Crippen molar-refractivity contribution in [1.82, 2.24) is 25.1 Å². The van der Waals surface area contributed by atoms with Crippen molar-refractivity contribution in [3.63, 3.8) is 0 Å². The lowest BCUT2D eigenvalue weighted by atomic mass is 9.85. The molecule has 2 aliphatic rings. The summed E-state index contributed by atoms with van der Waals surface area (Å²) in [5.74, 6) is -1.13. The van der Waals surface area contributed by atoms with Crippen LogP contribution in [0.2, 0.25) is 0 Å². The molecule has 1 saturated heterocycles. The van der Waals surface area contributed by atoms with Gasteiger partial charge in [-0.1, -0.05) is 12.1 Å². The van der Waals surface area contributed by atoms with E-state index in [2.05, 4.69) is 20.6 Å². The van der Waals surface area contributed by atoms with Crippen molar-refractivity contribution < 1.29 is 22.4 Å². The number of piperidine rings is 1. The standard InChI is InChI=1S/C21H20F4N6O/c22-14-5-3-12(4-6-14)15-9-10-30(11-16(15)26-20(32)21(23,24)25)18-8-7-17-27-28-19(13-1-2-13)31(17)29-18/h3-8,13,15-16H,1-2,9-11H2,(H,26,32). The first-order valence-electron chi connectivity index (χ1n) is 10.4. The second-order valence-corrected chi connectivity index (χ2v) is 8.26. The molecule has 7 nitrogen and oxygen atoms in total. The quantitative estimate of drug-likeness (QED) is 0.621. The van der Waals surface area contributed by atoms with E-state index in [0.29, 0.717) is 35.9 Å². The maximum Gasteiger partial charge on any atom is 0.471 e. The van der Waals surface area contributed by atoms with E-state index in [1.807, 2.05) is 4.90 Å². The van der Waals surface area contributed by atoms with Crippen molar-refractivity contribution in [2.24, 2.45) is 0 Å². The molecule has 168 valence electrons. The van der Waals surface area contributed by atoms with Gasteiger partial charge in [0.05, 0.1) is 6.04 Å². The Morgan fingerprint density at radius 1 is 1.03 bits per heavy atom. The number of carbonyl (C=O) groups is 1. The van der Waals surface area contributed by atoms with Crippen LogP contribution in [-0.4, -0.2) is 51.0 Å². The number of benzene rings is 1. The van der Waals surface area contributed by atoms with E-state index in [-0.39, 0.29) is 12.5 Å². The van der Waals surface area contributed by atoms with Crippen LogP contribution in [0.1, 0.15) is 42.5 Å². The van der Waals surface area contributed by atoms with E-state index in [1.165, 1.54) is 12.1 Å². The van der Waals surface area contributed by atoms with Crippen LogP contribution in [0.15, 0.2) is 36.4 Å². The maximum absolute atomic E-state index is 13.3. The van der Waals surface area contributed by atoms with Crippen LogP contribution in [0, 0.1) is 5.82 Å². The Morgan fingerprint density at radius 3 is 2.47 bits per heavy atom. The van der Waals surface area contributed by atoms with Gasteiger partial charge in [0.25, 0.3) is 0 Å². The third-order valence-electron chi connectivity index (χ3n) is 6.02. The van der Waals surface area contributed by atoms with E-state index in [9.17, 15) is 22.4 Å². The van der Waals surface area contributed by atoms with Crippen molar-refractivity contribution in [2.45, 2.75) is 43.3 Å². The fourth-order valence-corrected chi connectivity index (χ4v) is 4.23. The molecule has 1 N–H and O–H groups in total. The number of carbonyl (C=O) groups excluding carboxylic acids is 1. The number of alkyl halides is 3. The highest BCUT2D eigenvalue weighted by Crippen LogP contribution is 2.39. The van der Waals surface area contributed by atoms with Crippen molar-refractivity contribution in [3.05, 3.63) is 53.6 Å². The first-order chi connectivity index (χ1) is 15.3. The van der Waals surface area contributed by atoms with Gasteiger partial charge in [0.1, 0.15) is 11.6 Å². The third kappa shape index (κ3) is 3.98. The number of aromatic nitrogens is 4. The number of nitrogens with one attached hydrogen (secondary N) is 1. The summed E-state index contributed by atoms with van der Waals surface area (Å²) in [5.41, 5.74) is 1.29. The normalized spacial score (nSPS) is 21.7. The summed E-state index contributed by atoms with van der Waals surface area (Å²) in [6.07, 6.45) is -2.47. The van der Waals surface area contributed by atoms with Gasteiger partial charge in [-0.3, -0.25) is 4.79 Å². The van der Waals surface area contributed by atoms with Crippen LogP contribution in [0.4, 0.5) is 23.4 Å². The van der Waals surface area contributed by atoms with Gasteiger partial charge in [-0.05, 0) is 49.1 Å². The molecule has 2 fully saturated rings. The van der Waals surface area contributed by atoms with E-state index < -0.39 is 23.9 Å². The fraction of sp³-hybridized carbons (Fsp3) is 0.429. The molecular formula is C21H20F4N6O. The number of hydrogen-bond acceptors (Lipinski definition) is 5. The topological polar surface area (TPSA) is 75.4 Å². The van der Waals surface area contributed by atoms with Gasteiger partial charge in [-0.25, -0.2) is 4.39 Å². The molecule has 0 spiro atoms. The van der Waals surface area contributed by atoms with Crippen LogP contribution >= 0.6 is 0 Å². The molecule has 11 heteroatoms. The molecular weight excluding hydrogens is 428 g/mol. The average Bonchev–Trinajstić information content (AvgIpc) is 3.52. The molecule has 3 aromatic rings. The molecule has 2 unspecified atom stereocenters. The van der Waals surface area contributed by atoms with Crippen LogP contribution < -0.4 is 10.2 Å². The number of fused-ring (bicyclic) bond motifs is 1. The lowest BCUT2D eigenvalue weighted by Gasteiger charge is -2.39. The first-order valence-corrected chi connectivity index (χ1v) is 10.4. The molecule has 1 aromatic carbocycles. The highest BCUT2D eigenvalue weighted by Gasteiger charge is 2.42. The Bertz CT molecular complexity index is 1140. The zero-order chi connectivity index (χ0) is 22.5. The van der Waals surface area contributed by atoms with Crippen LogP contribution in [0.5, 0.6) is 0 Å². The van der Waals surface area contributed by atoms with Gasteiger partial charge in [0.2, 0.25) is 0 Å². The molecule has 2 atom stereocenters. The van der Waals surface area contributed by atoms with Crippen LogP contribution in [0.25, 0.3) is 5.65 Å². The molecule has 0 bridgehead atoms. The molecule has 5 rings (SSSR count). The number of rotatable bonds is 4. The van der Waals surface area contributed by atoms with Gasteiger partial charge in [0.15, 0.2) is 11.5 Å². The number of anilines is 1. The summed E-state index contributed by atoms with van der Waals surface area (Å²) >= 11 is 0. The number of halogens is 4. The monoisotopic (exact) mass is 448 g/mol. The Balaban J connectivity index is 1.43. The molecule has 1 aliphatic heterocycles. The van der Waals surface area contributed by atoms with E-state index in [4.69, 9.17) is 0 Å². The summed E-state index contributed by atoms with van der Waals surface area (Å²) in [4.78, 5) is 13.6. The fourth-order valence-electron chi connectivity index (χ4n) is 4.23. The number of hydrogen-bond donors (Lipinski definition) is 1. The second-order valence-electron chi connectivity index (χ2n) is 8.26. The molecule has 2 aromatic heterocycles. The van der Waals surface area contributed by atoms with Gasteiger partial charge in [-0.15, -0.1) is 15.3 Å². The SMILES string of the molecule is O=C(NC1CN(c2ccc3nnc(C4CC4)n3n2)CCC1c1ccc(F)cc1)C(F)(F)F. The summed E-state index contributed by atoms with van der Waals surface area (Å²) in [6, 6.07) is 8.33. The van der Waals surface area contributed by atoms with Gasteiger partial charge in [-0.2, -0.15) is 17.7 Å². The molecule has 3 heterocycles. The maximum atomic E-state index is 13.3. The molecule has 1 saturated carbocycles. The minimum absolute atomic E-state index is 0.128. The van der Waals surface area contributed by atoms with Crippen molar-refractivity contribution >= 4 is 17.4 Å². The lowest BCUT2D eigenvalue weighted by molar-refractivity contribution is -0.174. The minimum atomic E-state index is -4.99. The summed E-state index contributed by atoms with van der Waals surface area (Å²) in [5, 5.41) is 15.1. The Labute approximate surface area is 180 Å². The third-order valence-corrected chi connectivity index (χ3v) is 6.02. The highest BCUT2D eigenvalue weighted by molar-refractivity contribution is 5.82. The molecule has 1 aliphatic carbocycles. The minimum Gasteiger partial charge on any atom is -0.353 e. The zero-order valence-corrected chi connectivity index (χ0v) is 16.9. The van der Waals surface area contributed by atoms with Crippen molar-refractivity contribution in [2.75, 3.05) is 18.0 Å². The smallest absolute Gasteiger partial charge is 0.353 e. The Kier molecular flexibility index (Phi) is 4.98. The predicted octanol–water partition coefficient (Wildman–Crippen LogP) is 3.18. The van der Waals surface area contributed by atoms with Crippen molar-refractivity contribution in [3.8, 4) is 0 Å². The summed E-state index contributed by atoms with van der Waals surface area (Å²) in [6.45, 7) is 0.642. The van der Waals surface area contributed by atoms with E-state index in [1.54, 1.807) is 28.8 Å². The Hall–Kier alpha value is -3.24. The lowest BCUT2D eigenvalue weighted by Crippen LogP contribution is -2.54. The summed E-state index contributed by atoms with van der Waals surface area (Å²) < 4.78 is 53.9. The summed E-state index contributed by atoms with van der Waals surface area (Å²) in [7, 11) is 0.